The van der Waals surface area contributed by atoms with E-state index in [2.05, 4.69) is 29.2 Å². The van der Waals surface area contributed by atoms with Crippen LogP contribution in [0, 0.1) is 6.92 Å². The molecule has 0 radical (unpaired) electrons. The third kappa shape index (κ3) is 2.48. The van der Waals surface area contributed by atoms with Crippen LogP contribution in [0.15, 0.2) is 48.5 Å². The van der Waals surface area contributed by atoms with E-state index in [0.29, 0.717) is 5.92 Å². The highest BCUT2D eigenvalue weighted by Crippen LogP contribution is 2.28. The summed E-state index contributed by atoms with van der Waals surface area (Å²) in [6.45, 7) is 3.59. The van der Waals surface area contributed by atoms with Gasteiger partial charge in [-0.15, -0.1) is 0 Å². The number of likely N-dealkylation sites (tertiary alicyclic amines) is 1. The molecule has 0 aliphatic carbocycles. The molecule has 24 heavy (non-hydrogen) atoms. The van der Waals surface area contributed by atoms with Crippen molar-refractivity contribution in [2.24, 2.45) is 7.05 Å². The first-order valence-corrected chi connectivity index (χ1v) is 8.41. The summed E-state index contributed by atoms with van der Waals surface area (Å²) in [5.41, 5.74) is 4.00. The molecular formula is C20H21N3O. The fourth-order valence-electron chi connectivity index (χ4n) is 3.58. The SMILES string of the molecule is Cc1nc2cc(C(=O)N3CC[C@H](c4ccccc4)C3)ccc2n1C. The lowest BCUT2D eigenvalue weighted by Gasteiger charge is -2.17. The summed E-state index contributed by atoms with van der Waals surface area (Å²) >= 11 is 0. The number of aromatic nitrogens is 2. The van der Waals surface area contributed by atoms with Gasteiger partial charge in [0, 0.05) is 31.6 Å². The Morgan fingerprint density at radius 1 is 1.17 bits per heavy atom. The molecule has 1 atom stereocenters. The van der Waals surface area contributed by atoms with Crippen molar-refractivity contribution in [1.82, 2.24) is 14.5 Å². The summed E-state index contributed by atoms with van der Waals surface area (Å²) in [4.78, 5) is 19.4. The van der Waals surface area contributed by atoms with Gasteiger partial charge in [-0.1, -0.05) is 30.3 Å². The molecule has 4 nitrogen and oxygen atoms in total. The fourth-order valence-corrected chi connectivity index (χ4v) is 3.58. The normalized spacial score (nSPS) is 17.6. The molecule has 1 aliphatic heterocycles. The highest BCUT2D eigenvalue weighted by Gasteiger charge is 2.28. The van der Waals surface area contributed by atoms with E-state index >= 15 is 0 Å². The lowest BCUT2D eigenvalue weighted by molar-refractivity contribution is 0.0791. The monoisotopic (exact) mass is 319 g/mol. The second-order valence-corrected chi connectivity index (χ2v) is 6.57. The standard InChI is InChI=1S/C20H21N3O/c1-14-21-18-12-16(8-9-19(18)22(14)2)20(24)23-11-10-17(13-23)15-6-4-3-5-7-15/h3-9,12,17H,10-11,13H2,1-2H3/t17-/m0/s1. The van der Waals surface area contributed by atoms with Gasteiger partial charge in [0.05, 0.1) is 11.0 Å². The number of hydrogen-bond donors (Lipinski definition) is 0. The Kier molecular flexibility index (Phi) is 3.60. The van der Waals surface area contributed by atoms with Gasteiger partial charge in [0.1, 0.15) is 5.82 Å². The lowest BCUT2D eigenvalue weighted by atomic mass is 9.99. The van der Waals surface area contributed by atoms with Gasteiger partial charge < -0.3 is 9.47 Å². The summed E-state index contributed by atoms with van der Waals surface area (Å²) in [5, 5.41) is 0. The van der Waals surface area contributed by atoms with Crippen LogP contribution in [0.4, 0.5) is 0 Å². The van der Waals surface area contributed by atoms with Crippen LogP contribution >= 0.6 is 0 Å². The number of amides is 1. The van der Waals surface area contributed by atoms with Crippen molar-refractivity contribution < 1.29 is 4.79 Å². The molecule has 0 bridgehead atoms. The molecule has 2 heterocycles. The maximum absolute atomic E-state index is 12.9. The van der Waals surface area contributed by atoms with E-state index in [1.807, 2.05) is 47.7 Å². The van der Waals surface area contributed by atoms with Crippen molar-refractivity contribution in [3.63, 3.8) is 0 Å². The molecule has 1 aromatic heterocycles. The van der Waals surface area contributed by atoms with E-state index < -0.39 is 0 Å². The number of imidazole rings is 1. The van der Waals surface area contributed by atoms with Gasteiger partial charge in [-0.05, 0) is 37.1 Å². The van der Waals surface area contributed by atoms with Crippen LogP contribution in [0.3, 0.4) is 0 Å². The third-order valence-electron chi connectivity index (χ3n) is 5.10. The molecule has 2 aromatic carbocycles. The zero-order valence-corrected chi connectivity index (χ0v) is 14.1. The first-order valence-electron chi connectivity index (χ1n) is 8.41. The van der Waals surface area contributed by atoms with Gasteiger partial charge in [-0.25, -0.2) is 4.98 Å². The molecule has 1 amide bonds. The third-order valence-corrected chi connectivity index (χ3v) is 5.10. The van der Waals surface area contributed by atoms with Crippen LogP contribution in [0.2, 0.25) is 0 Å². The molecule has 0 spiro atoms. The van der Waals surface area contributed by atoms with Gasteiger partial charge in [-0.3, -0.25) is 4.79 Å². The topological polar surface area (TPSA) is 38.1 Å². The maximum atomic E-state index is 12.9. The number of carbonyl (C=O) groups excluding carboxylic acids is 1. The van der Waals surface area contributed by atoms with E-state index in [-0.39, 0.29) is 5.91 Å². The second kappa shape index (κ2) is 5.78. The van der Waals surface area contributed by atoms with Gasteiger partial charge in [0.2, 0.25) is 0 Å². The molecule has 0 N–H and O–H groups in total. The van der Waals surface area contributed by atoms with Gasteiger partial charge in [0.25, 0.3) is 5.91 Å². The van der Waals surface area contributed by atoms with Gasteiger partial charge in [-0.2, -0.15) is 0 Å². The van der Waals surface area contributed by atoms with Crippen LogP contribution in [0.5, 0.6) is 0 Å². The highest BCUT2D eigenvalue weighted by atomic mass is 16.2. The van der Waals surface area contributed by atoms with Crippen molar-refractivity contribution >= 4 is 16.9 Å². The molecule has 122 valence electrons. The fraction of sp³-hybridized carbons (Fsp3) is 0.300. The molecule has 1 saturated heterocycles. The van der Waals surface area contributed by atoms with Crippen molar-refractivity contribution in [3.05, 3.63) is 65.5 Å². The zero-order chi connectivity index (χ0) is 16.7. The summed E-state index contributed by atoms with van der Waals surface area (Å²) in [6, 6.07) is 16.3. The molecule has 4 heteroatoms. The molecule has 3 aromatic rings. The maximum Gasteiger partial charge on any atom is 0.253 e. The Labute approximate surface area is 141 Å². The Morgan fingerprint density at radius 3 is 2.75 bits per heavy atom. The molecule has 0 unspecified atom stereocenters. The number of benzene rings is 2. The predicted octanol–water partition coefficient (Wildman–Crippen LogP) is 3.51. The number of nitrogens with zero attached hydrogens (tertiary/aromatic N) is 3. The van der Waals surface area contributed by atoms with E-state index in [1.165, 1.54) is 5.56 Å². The summed E-state index contributed by atoms with van der Waals surface area (Å²) in [5.74, 6) is 1.51. The second-order valence-electron chi connectivity index (χ2n) is 6.57. The first-order chi connectivity index (χ1) is 11.6. The summed E-state index contributed by atoms with van der Waals surface area (Å²) < 4.78 is 2.05. The Morgan fingerprint density at radius 2 is 1.96 bits per heavy atom. The number of rotatable bonds is 2. The van der Waals surface area contributed by atoms with Gasteiger partial charge >= 0.3 is 0 Å². The van der Waals surface area contributed by atoms with Crippen molar-refractivity contribution in [2.45, 2.75) is 19.3 Å². The Hall–Kier alpha value is -2.62. The molecule has 1 aliphatic rings. The molecule has 4 rings (SSSR count). The van der Waals surface area contributed by atoms with E-state index in [9.17, 15) is 4.79 Å². The Balaban J connectivity index is 1.56. The quantitative estimate of drug-likeness (QED) is 0.725. The minimum atomic E-state index is 0.110. The van der Waals surface area contributed by atoms with Crippen molar-refractivity contribution in [2.75, 3.05) is 13.1 Å². The van der Waals surface area contributed by atoms with Crippen LogP contribution in [0.1, 0.15) is 34.1 Å². The van der Waals surface area contributed by atoms with Crippen LogP contribution in [-0.4, -0.2) is 33.4 Å². The Bertz CT molecular complexity index is 898. The number of aryl methyl sites for hydroxylation is 2. The number of carbonyl (C=O) groups is 1. The van der Waals surface area contributed by atoms with Crippen molar-refractivity contribution in [3.8, 4) is 0 Å². The molecule has 1 fully saturated rings. The predicted molar refractivity (Wildman–Crippen MR) is 95.2 cm³/mol. The van der Waals surface area contributed by atoms with E-state index in [0.717, 1.165) is 41.9 Å². The first kappa shape index (κ1) is 14.9. The van der Waals surface area contributed by atoms with Gasteiger partial charge in [0.15, 0.2) is 0 Å². The number of fused-ring (bicyclic) bond motifs is 1. The minimum absolute atomic E-state index is 0.110. The van der Waals surface area contributed by atoms with Crippen molar-refractivity contribution in [1.29, 1.82) is 0 Å². The van der Waals surface area contributed by atoms with E-state index in [4.69, 9.17) is 0 Å². The summed E-state index contributed by atoms with van der Waals surface area (Å²) in [7, 11) is 2.00. The van der Waals surface area contributed by atoms with Crippen LogP contribution < -0.4 is 0 Å². The average molecular weight is 319 g/mol. The lowest BCUT2D eigenvalue weighted by Crippen LogP contribution is -2.28. The average Bonchev–Trinajstić information content (AvgIpc) is 3.21. The van der Waals surface area contributed by atoms with E-state index in [1.54, 1.807) is 0 Å². The largest absolute Gasteiger partial charge is 0.338 e. The molecular weight excluding hydrogens is 298 g/mol. The smallest absolute Gasteiger partial charge is 0.253 e. The molecule has 0 saturated carbocycles. The highest BCUT2D eigenvalue weighted by molar-refractivity contribution is 5.97. The minimum Gasteiger partial charge on any atom is -0.338 e. The number of hydrogen-bond acceptors (Lipinski definition) is 2. The van der Waals surface area contributed by atoms with Crippen LogP contribution in [0.25, 0.3) is 11.0 Å². The zero-order valence-electron chi connectivity index (χ0n) is 14.1. The van der Waals surface area contributed by atoms with Crippen LogP contribution in [-0.2, 0) is 7.05 Å². The summed E-state index contributed by atoms with van der Waals surface area (Å²) in [6.07, 6.45) is 1.03.